The minimum Gasteiger partial charge on any atom is -0.497 e. The highest BCUT2D eigenvalue weighted by atomic mass is 35.5. The zero-order valence-corrected chi connectivity index (χ0v) is 60.0. The van der Waals surface area contributed by atoms with Gasteiger partial charge in [-0.15, -0.1) is 35.1 Å². The molecule has 0 bridgehead atoms. The SMILES string of the molecule is COc1ccc2c(c1)OCCn1c-2c(C2CCCCC2)c2ccc(C(=O)N[C@@H](Cc3ccc(OCc4ccccc4)cc3)c3nccs3)cc21.COc1ccc2c(c1)OCCn1c-2c(C2CCCCC2)c2ccc(OC=O)cc21.Cl.N[C@@H](Cc1ccc(OCc2ccccc2)cc1)c1nccs1. The number of hydrogen-bond acceptors (Lipinski definition) is 14. The summed E-state index contributed by atoms with van der Waals surface area (Å²) in [7, 11) is 3.37. The van der Waals surface area contributed by atoms with Crippen LogP contribution < -0.4 is 44.2 Å². The maximum absolute atomic E-state index is 14.1. The number of aromatic nitrogens is 4. The van der Waals surface area contributed by atoms with Gasteiger partial charge in [0.15, 0.2) is 0 Å². The van der Waals surface area contributed by atoms with Crippen LogP contribution in [0.5, 0.6) is 40.2 Å². The lowest BCUT2D eigenvalue weighted by Crippen LogP contribution is -2.30. The molecule has 2 atom stereocenters. The molecule has 16 rings (SSSR count). The number of ether oxygens (including phenoxy) is 7. The van der Waals surface area contributed by atoms with Crippen molar-refractivity contribution in [2.24, 2.45) is 5.73 Å². The lowest BCUT2D eigenvalue weighted by Gasteiger charge is -2.23. The van der Waals surface area contributed by atoms with Crippen LogP contribution in [0.1, 0.15) is 142 Å². The molecule has 3 N–H and O–H groups in total. The highest BCUT2D eigenvalue weighted by Crippen LogP contribution is 2.50. The summed E-state index contributed by atoms with van der Waals surface area (Å²) in [6.07, 6.45) is 17.4. The summed E-state index contributed by atoms with van der Waals surface area (Å²) in [6, 6.07) is 60.7. The molecular weight excluding hydrogens is 1340 g/mol. The number of halogens is 1. The maximum Gasteiger partial charge on any atom is 0.298 e. The van der Waals surface area contributed by atoms with E-state index in [1.807, 2.05) is 114 Å². The number of nitrogens with two attached hydrogens (primary N) is 1. The molecular formula is C84H85ClN6O9S2. The molecule has 524 valence electrons. The van der Waals surface area contributed by atoms with Gasteiger partial charge in [-0.3, -0.25) is 9.59 Å². The Morgan fingerprint density at radius 2 is 1.02 bits per heavy atom. The summed E-state index contributed by atoms with van der Waals surface area (Å²) in [5, 5.41) is 11.6. The fourth-order valence-electron chi connectivity index (χ4n) is 14.8. The highest BCUT2D eigenvalue weighted by Gasteiger charge is 2.33. The summed E-state index contributed by atoms with van der Waals surface area (Å²) < 4.78 is 45.0. The zero-order valence-electron chi connectivity index (χ0n) is 57.5. The van der Waals surface area contributed by atoms with Gasteiger partial charge in [-0.2, -0.15) is 0 Å². The molecule has 4 aromatic heterocycles. The van der Waals surface area contributed by atoms with Gasteiger partial charge in [0.2, 0.25) is 0 Å². The van der Waals surface area contributed by atoms with Crippen LogP contribution in [-0.4, -0.2) is 58.9 Å². The Kier molecular flexibility index (Phi) is 23.3. The normalized spacial score (nSPS) is 14.6. The fraction of sp³-hybridized carbons (Fsp3) is 0.286. The van der Waals surface area contributed by atoms with Gasteiger partial charge >= 0.3 is 0 Å². The van der Waals surface area contributed by atoms with E-state index >= 15 is 0 Å². The molecule has 2 aliphatic carbocycles. The Bertz CT molecular complexity index is 4730. The number of nitrogens with one attached hydrogen (secondary N) is 1. The Balaban J connectivity index is 0.000000150. The van der Waals surface area contributed by atoms with E-state index in [2.05, 4.69) is 103 Å². The number of amides is 1. The second-order valence-corrected chi connectivity index (χ2v) is 28.0. The largest absolute Gasteiger partial charge is 0.497 e. The van der Waals surface area contributed by atoms with Crippen LogP contribution >= 0.6 is 35.1 Å². The van der Waals surface area contributed by atoms with E-state index in [-0.39, 0.29) is 30.4 Å². The number of hydrogen-bond donors (Lipinski definition) is 2. The smallest absolute Gasteiger partial charge is 0.298 e. The number of rotatable bonds is 20. The number of thiazole rings is 2. The van der Waals surface area contributed by atoms with Crippen LogP contribution in [0.25, 0.3) is 44.3 Å². The lowest BCUT2D eigenvalue weighted by atomic mass is 9.81. The van der Waals surface area contributed by atoms with Crippen molar-refractivity contribution in [1.82, 2.24) is 24.4 Å². The molecule has 1 amide bonds. The molecule has 6 heterocycles. The van der Waals surface area contributed by atoms with Crippen LogP contribution in [0.15, 0.2) is 205 Å². The minimum absolute atomic E-state index is 0. The van der Waals surface area contributed by atoms with Gasteiger partial charge in [-0.1, -0.05) is 130 Å². The van der Waals surface area contributed by atoms with E-state index in [4.69, 9.17) is 38.9 Å². The maximum atomic E-state index is 14.1. The van der Waals surface area contributed by atoms with Gasteiger partial charge in [-0.25, -0.2) is 9.97 Å². The van der Waals surface area contributed by atoms with Crippen molar-refractivity contribution in [3.63, 3.8) is 0 Å². The number of methoxy groups -OCH3 is 2. The average molecular weight is 1420 g/mol. The van der Waals surface area contributed by atoms with E-state index in [1.54, 1.807) is 49.3 Å². The van der Waals surface area contributed by atoms with Gasteiger partial charge in [0.25, 0.3) is 12.4 Å². The van der Waals surface area contributed by atoms with Crippen LogP contribution in [0, 0.1) is 0 Å². The number of carbonyl (C=O) groups excluding carboxylic acids is 2. The van der Waals surface area contributed by atoms with Crippen LogP contribution in [0.2, 0.25) is 0 Å². The predicted molar refractivity (Wildman–Crippen MR) is 408 cm³/mol. The topological polar surface area (TPSA) is 172 Å². The Morgan fingerprint density at radius 3 is 1.51 bits per heavy atom. The van der Waals surface area contributed by atoms with Crippen molar-refractivity contribution >= 4 is 69.3 Å². The number of benzene rings is 8. The molecule has 0 spiro atoms. The third-order valence-corrected chi connectivity index (χ3v) is 21.5. The third-order valence-electron chi connectivity index (χ3n) is 19.7. The molecule has 0 unspecified atom stereocenters. The molecule has 12 aromatic rings. The summed E-state index contributed by atoms with van der Waals surface area (Å²) in [5.74, 6) is 6.45. The molecule has 0 radical (unpaired) electrons. The number of nitrogens with zero attached hydrogens (tertiary/aromatic N) is 4. The first-order valence-corrected chi connectivity index (χ1v) is 36.9. The Labute approximate surface area is 610 Å². The Hall–Kier alpha value is -9.91. The van der Waals surface area contributed by atoms with Crippen molar-refractivity contribution in [3.8, 4) is 62.8 Å². The third kappa shape index (κ3) is 16.4. The molecule has 2 fully saturated rings. The summed E-state index contributed by atoms with van der Waals surface area (Å²) in [6.45, 7) is 4.16. The summed E-state index contributed by atoms with van der Waals surface area (Å²) >= 11 is 3.16. The van der Waals surface area contributed by atoms with Crippen molar-refractivity contribution < 1.29 is 42.7 Å². The lowest BCUT2D eigenvalue weighted by molar-refractivity contribution is -0.120. The molecule has 102 heavy (non-hydrogen) atoms. The van der Waals surface area contributed by atoms with Gasteiger partial charge in [0.05, 0.1) is 56.3 Å². The molecule has 8 aromatic carbocycles. The molecule has 18 heteroatoms. The van der Waals surface area contributed by atoms with Crippen LogP contribution in [-0.2, 0) is 43.9 Å². The van der Waals surface area contributed by atoms with Crippen molar-refractivity contribution in [3.05, 3.63) is 254 Å². The molecule has 2 saturated carbocycles. The van der Waals surface area contributed by atoms with Gasteiger partial charge in [-0.05, 0) is 157 Å². The first kappa shape index (κ1) is 70.5. The second kappa shape index (κ2) is 33.7. The minimum atomic E-state index is -0.272. The highest BCUT2D eigenvalue weighted by molar-refractivity contribution is 7.09. The van der Waals surface area contributed by atoms with Gasteiger partial charge in [0, 0.05) is 74.3 Å². The van der Waals surface area contributed by atoms with E-state index < -0.39 is 0 Å². The average Bonchev–Trinajstić information content (AvgIpc) is 1.59. The molecule has 2 aliphatic heterocycles. The zero-order chi connectivity index (χ0) is 68.9. The number of fused-ring (bicyclic) bond motifs is 10. The standard InChI is InChI=1S/C42H41N3O4S.C24H25NO4.C18H18N2OS.ClH/c1-47-33-17-19-35-38(26-33)48-22-21-45-37-25-31(14-18-34(37)39(40(35)45)30-10-6-3-7-11-30)41(46)44-36(42-43-20-23-50-42)24-28-12-15-32(16-13-28)49-27-29-8-4-2-5-9-29;1-27-17-7-10-20-22(14-17)28-12-11-25-21-13-18(29-15-26)8-9-19(21)23(24(20)25)16-5-3-2-4-6-16;19-17(18-20-10-11-22-18)12-14-6-8-16(9-7-14)21-13-15-4-2-1-3-5-15;/h2,4-5,8-9,12-20,23,25-26,30,36H,3,6-7,10-11,21-22,24,27H2,1H3,(H,44,46);7-10,13-16H,2-6,11-12H2,1H3;1-11,17H,12-13,19H2;1H/t36-;;17-;/m0.0./s1. The second-order valence-electron chi connectivity index (χ2n) is 26.2. The Morgan fingerprint density at radius 1 is 0.549 bits per heavy atom. The summed E-state index contributed by atoms with van der Waals surface area (Å²) in [4.78, 5) is 33.8. The first-order valence-electron chi connectivity index (χ1n) is 35.2. The van der Waals surface area contributed by atoms with Crippen LogP contribution in [0.3, 0.4) is 0 Å². The van der Waals surface area contributed by atoms with E-state index in [9.17, 15) is 9.59 Å². The van der Waals surface area contributed by atoms with Gasteiger partial charge in [0.1, 0.15) is 76.7 Å². The van der Waals surface area contributed by atoms with Crippen molar-refractivity contribution in [2.45, 2.75) is 127 Å². The van der Waals surface area contributed by atoms with Crippen molar-refractivity contribution in [1.29, 1.82) is 0 Å². The van der Waals surface area contributed by atoms with Crippen molar-refractivity contribution in [2.75, 3.05) is 27.4 Å². The first-order chi connectivity index (χ1) is 49.7. The van der Waals surface area contributed by atoms with E-state index in [1.165, 1.54) is 103 Å². The summed E-state index contributed by atoms with van der Waals surface area (Å²) in [5.41, 5.74) is 21.0. The van der Waals surface area contributed by atoms with Gasteiger partial charge < -0.3 is 53.3 Å². The van der Waals surface area contributed by atoms with E-state index in [0.29, 0.717) is 69.0 Å². The van der Waals surface area contributed by atoms with Crippen LogP contribution in [0.4, 0.5) is 0 Å². The molecule has 15 nitrogen and oxygen atoms in total. The van der Waals surface area contributed by atoms with E-state index in [0.717, 1.165) is 96.3 Å². The quantitative estimate of drug-likeness (QED) is 0.0693. The fourth-order valence-corrected chi connectivity index (χ4v) is 16.1. The monoisotopic (exact) mass is 1420 g/mol. The molecule has 0 saturated heterocycles. The number of carbonyl (C=O) groups is 2. The predicted octanol–water partition coefficient (Wildman–Crippen LogP) is 19.2. The molecule has 4 aliphatic rings.